The molecule has 1 rings (SSSR count). The minimum Gasteiger partial charge on any atom is -0.396 e. The number of aliphatic hydroxyl groups excluding tert-OH is 1. The summed E-state index contributed by atoms with van der Waals surface area (Å²) < 4.78 is 2.81. The van der Waals surface area contributed by atoms with Crippen molar-refractivity contribution in [2.24, 2.45) is 0 Å². The van der Waals surface area contributed by atoms with Crippen LogP contribution in [0, 0.1) is 0 Å². The normalized spacial score (nSPS) is 13.4. The molecule has 1 heterocycles. The highest BCUT2D eigenvalue weighted by molar-refractivity contribution is 9.10. The van der Waals surface area contributed by atoms with Crippen LogP contribution in [0.2, 0.25) is 0 Å². The lowest BCUT2D eigenvalue weighted by molar-refractivity contribution is 0.257. The molecule has 0 aliphatic rings. The summed E-state index contributed by atoms with van der Waals surface area (Å²) >= 11 is 3.31. The van der Waals surface area contributed by atoms with Gasteiger partial charge < -0.3 is 5.11 Å². The number of nitrogens with zero attached hydrogens (tertiary/aromatic N) is 2. The first kappa shape index (κ1) is 8.74. The molecule has 1 atom stereocenters. The number of halogens is 1. The number of rotatable bonds is 3. The summed E-state index contributed by atoms with van der Waals surface area (Å²) in [5.41, 5.74) is 0. The molecule has 0 spiro atoms. The third-order valence-electron chi connectivity index (χ3n) is 1.57. The highest BCUT2D eigenvalue weighted by atomic mass is 79.9. The Labute approximate surface area is 74.2 Å². The summed E-state index contributed by atoms with van der Waals surface area (Å²) in [5.74, 6) is 0. The third-order valence-corrected chi connectivity index (χ3v) is 1.98. The molecule has 4 heteroatoms. The number of hydrogen-bond acceptors (Lipinski definition) is 2. The average Bonchev–Trinajstić information content (AvgIpc) is 2.36. The zero-order valence-electron chi connectivity index (χ0n) is 6.37. The molecule has 62 valence electrons. The van der Waals surface area contributed by atoms with Gasteiger partial charge in [0, 0.05) is 12.8 Å². The Morgan fingerprint density at radius 1 is 1.82 bits per heavy atom. The van der Waals surface area contributed by atoms with Crippen molar-refractivity contribution in [1.29, 1.82) is 0 Å². The third kappa shape index (κ3) is 2.31. The van der Waals surface area contributed by atoms with Crippen LogP contribution in [-0.4, -0.2) is 21.5 Å². The molecule has 0 saturated carbocycles. The summed E-state index contributed by atoms with van der Waals surface area (Å²) in [6.45, 7) is 2.23. The van der Waals surface area contributed by atoms with Gasteiger partial charge in [-0.2, -0.15) is 5.10 Å². The van der Waals surface area contributed by atoms with Gasteiger partial charge >= 0.3 is 0 Å². The lowest BCUT2D eigenvalue weighted by Crippen LogP contribution is -2.06. The van der Waals surface area contributed by atoms with E-state index in [-0.39, 0.29) is 12.6 Å². The second kappa shape index (κ2) is 3.88. The van der Waals surface area contributed by atoms with Gasteiger partial charge in [-0.15, -0.1) is 0 Å². The van der Waals surface area contributed by atoms with Gasteiger partial charge in [0.05, 0.1) is 16.7 Å². The lowest BCUT2D eigenvalue weighted by Gasteiger charge is -2.08. The van der Waals surface area contributed by atoms with E-state index in [1.165, 1.54) is 0 Å². The second-order valence-electron chi connectivity index (χ2n) is 2.50. The van der Waals surface area contributed by atoms with Crippen LogP contribution in [0.15, 0.2) is 16.9 Å². The summed E-state index contributed by atoms with van der Waals surface area (Å²) in [6.07, 6.45) is 4.39. The lowest BCUT2D eigenvalue weighted by atomic mass is 10.2. The van der Waals surface area contributed by atoms with E-state index in [1.54, 1.807) is 6.20 Å². The highest BCUT2D eigenvalue weighted by Crippen LogP contribution is 2.13. The number of hydrogen-bond donors (Lipinski definition) is 1. The molecule has 3 nitrogen and oxygen atoms in total. The van der Waals surface area contributed by atoms with Crippen LogP contribution < -0.4 is 0 Å². The van der Waals surface area contributed by atoms with Crippen molar-refractivity contribution in [3.63, 3.8) is 0 Å². The first-order valence-electron chi connectivity index (χ1n) is 3.54. The predicted molar refractivity (Wildman–Crippen MR) is 46.3 cm³/mol. The molecule has 0 aliphatic heterocycles. The standard InChI is InChI=1S/C7H11BrN2O/c1-6(2-3-11)10-5-7(8)4-9-10/h4-6,11H,2-3H2,1H3. The molecule has 0 radical (unpaired) electrons. The smallest absolute Gasteiger partial charge is 0.0632 e. The summed E-state index contributed by atoms with van der Waals surface area (Å²) in [5, 5.41) is 12.7. The molecule has 11 heavy (non-hydrogen) atoms. The summed E-state index contributed by atoms with van der Waals surface area (Å²) in [4.78, 5) is 0. The van der Waals surface area contributed by atoms with E-state index in [0.717, 1.165) is 10.9 Å². The van der Waals surface area contributed by atoms with Gasteiger partial charge in [0.25, 0.3) is 0 Å². The topological polar surface area (TPSA) is 38.0 Å². The molecule has 1 unspecified atom stereocenters. The maximum atomic E-state index is 8.65. The molecular formula is C7H11BrN2O. The van der Waals surface area contributed by atoms with Crippen LogP contribution in [-0.2, 0) is 0 Å². The number of aromatic nitrogens is 2. The fourth-order valence-electron chi connectivity index (χ4n) is 0.875. The molecule has 0 bridgehead atoms. The van der Waals surface area contributed by atoms with Crippen LogP contribution in [0.25, 0.3) is 0 Å². The zero-order valence-corrected chi connectivity index (χ0v) is 7.95. The minimum atomic E-state index is 0.207. The molecule has 1 aromatic heterocycles. The second-order valence-corrected chi connectivity index (χ2v) is 3.42. The van der Waals surface area contributed by atoms with Crippen LogP contribution in [0.5, 0.6) is 0 Å². The van der Waals surface area contributed by atoms with Gasteiger partial charge in [-0.3, -0.25) is 4.68 Å². The van der Waals surface area contributed by atoms with Crippen molar-refractivity contribution in [3.8, 4) is 0 Å². The Balaban J connectivity index is 2.60. The largest absolute Gasteiger partial charge is 0.396 e. The van der Waals surface area contributed by atoms with Crippen molar-refractivity contribution < 1.29 is 5.11 Å². The van der Waals surface area contributed by atoms with Crippen molar-refractivity contribution in [2.45, 2.75) is 19.4 Å². The monoisotopic (exact) mass is 218 g/mol. The maximum Gasteiger partial charge on any atom is 0.0632 e. The highest BCUT2D eigenvalue weighted by Gasteiger charge is 2.03. The van der Waals surface area contributed by atoms with E-state index in [9.17, 15) is 0 Å². The SMILES string of the molecule is CC(CCO)n1cc(Br)cn1. The van der Waals surface area contributed by atoms with E-state index >= 15 is 0 Å². The average molecular weight is 219 g/mol. The molecule has 0 saturated heterocycles. The Hall–Kier alpha value is -0.350. The van der Waals surface area contributed by atoms with Crippen molar-refractivity contribution in [3.05, 3.63) is 16.9 Å². The van der Waals surface area contributed by atoms with Gasteiger partial charge in [0.15, 0.2) is 0 Å². The van der Waals surface area contributed by atoms with Gasteiger partial charge in [-0.05, 0) is 29.3 Å². The quantitative estimate of drug-likeness (QED) is 0.838. The van der Waals surface area contributed by atoms with E-state index in [4.69, 9.17) is 5.11 Å². The van der Waals surface area contributed by atoms with Crippen LogP contribution >= 0.6 is 15.9 Å². The summed E-state index contributed by atoms with van der Waals surface area (Å²) in [7, 11) is 0. The Morgan fingerprint density at radius 2 is 2.55 bits per heavy atom. The first-order valence-corrected chi connectivity index (χ1v) is 4.34. The molecule has 0 fully saturated rings. The molecular weight excluding hydrogens is 208 g/mol. The van der Waals surface area contributed by atoms with Gasteiger partial charge in [0.2, 0.25) is 0 Å². The fraction of sp³-hybridized carbons (Fsp3) is 0.571. The molecule has 0 aliphatic carbocycles. The van der Waals surface area contributed by atoms with Gasteiger partial charge in [0.1, 0.15) is 0 Å². The Kier molecular flexibility index (Phi) is 3.08. The Morgan fingerprint density at radius 3 is 3.00 bits per heavy atom. The van der Waals surface area contributed by atoms with E-state index in [1.807, 2.05) is 17.8 Å². The maximum absolute atomic E-state index is 8.65. The zero-order chi connectivity index (χ0) is 8.27. The molecule has 0 aromatic carbocycles. The van der Waals surface area contributed by atoms with Crippen LogP contribution in [0.1, 0.15) is 19.4 Å². The first-order chi connectivity index (χ1) is 5.24. The fourth-order valence-corrected chi connectivity index (χ4v) is 1.18. The molecule has 1 aromatic rings. The summed E-state index contributed by atoms with van der Waals surface area (Å²) in [6, 6.07) is 0.270. The van der Waals surface area contributed by atoms with Crippen LogP contribution in [0.4, 0.5) is 0 Å². The molecule has 0 amide bonds. The minimum absolute atomic E-state index is 0.207. The van der Waals surface area contributed by atoms with Crippen LogP contribution in [0.3, 0.4) is 0 Å². The van der Waals surface area contributed by atoms with E-state index in [0.29, 0.717) is 0 Å². The molecule has 1 N–H and O–H groups in total. The van der Waals surface area contributed by atoms with Gasteiger partial charge in [-0.1, -0.05) is 0 Å². The number of aliphatic hydroxyl groups is 1. The predicted octanol–water partition coefficient (Wildman–Crippen LogP) is 1.59. The van der Waals surface area contributed by atoms with Crippen molar-refractivity contribution in [2.75, 3.05) is 6.61 Å². The van der Waals surface area contributed by atoms with Gasteiger partial charge in [-0.25, -0.2) is 0 Å². The van der Waals surface area contributed by atoms with Crippen molar-refractivity contribution in [1.82, 2.24) is 9.78 Å². The van der Waals surface area contributed by atoms with Crippen molar-refractivity contribution >= 4 is 15.9 Å². The van der Waals surface area contributed by atoms with E-state index < -0.39 is 0 Å². The van der Waals surface area contributed by atoms with E-state index in [2.05, 4.69) is 21.0 Å². The Bertz CT molecular complexity index is 224.